The van der Waals surface area contributed by atoms with Crippen LogP contribution in [0.4, 0.5) is 11.4 Å². The molecule has 0 saturated heterocycles. The molecule has 0 radical (unpaired) electrons. The largest absolute Gasteiger partial charge is 0.326 e. The lowest BCUT2D eigenvalue weighted by Gasteiger charge is -2.23. The molecule has 1 aliphatic carbocycles. The Morgan fingerprint density at radius 3 is 2.62 bits per heavy atom. The summed E-state index contributed by atoms with van der Waals surface area (Å²) in [5.41, 5.74) is 4.20. The number of hydrogen-bond donors (Lipinski definition) is 1. The van der Waals surface area contributed by atoms with Crippen molar-refractivity contribution in [3.8, 4) is 0 Å². The van der Waals surface area contributed by atoms with Crippen molar-refractivity contribution in [1.29, 1.82) is 0 Å². The Balaban J connectivity index is 1.45. The molecule has 1 heterocycles. The van der Waals surface area contributed by atoms with Gasteiger partial charge in [0.1, 0.15) is 0 Å². The second-order valence-corrected chi connectivity index (χ2v) is 7.34. The Kier molecular flexibility index (Phi) is 4.27. The van der Waals surface area contributed by atoms with E-state index in [-0.39, 0.29) is 29.7 Å². The van der Waals surface area contributed by atoms with Crippen LogP contribution >= 0.6 is 0 Å². The van der Waals surface area contributed by atoms with Gasteiger partial charge in [0, 0.05) is 17.4 Å². The van der Waals surface area contributed by atoms with E-state index >= 15 is 0 Å². The fourth-order valence-electron chi connectivity index (χ4n) is 4.01. The van der Waals surface area contributed by atoms with E-state index in [2.05, 4.69) is 25.2 Å². The molecule has 1 aliphatic heterocycles. The standard InChI is InChI=1S/C22H24N2O2/c1-3-15-8-4-6-10-19(15)23-21(25)17-13-18(17)22(26)24-14(2)12-16-9-5-7-11-20(16)24/h4-11,14,17-18H,3,12-13H2,1-2H3,(H,23,25). The number of aryl methyl sites for hydroxylation is 1. The topological polar surface area (TPSA) is 49.4 Å². The molecule has 0 spiro atoms. The summed E-state index contributed by atoms with van der Waals surface area (Å²) in [7, 11) is 0. The van der Waals surface area contributed by atoms with Gasteiger partial charge in [0.05, 0.1) is 11.8 Å². The van der Waals surface area contributed by atoms with Gasteiger partial charge in [0.25, 0.3) is 0 Å². The van der Waals surface area contributed by atoms with Gasteiger partial charge in [-0.05, 0) is 49.4 Å². The zero-order valence-corrected chi connectivity index (χ0v) is 15.2. The molecule has 2 aromatic carbocycles. The summed E-state index contributed by atoms with van der Waals surface area (Å²) in [6, 6.07) is 16.1. The lowest BCUT2D eigenvalue weighted by atomic mass is 10.1. The third-order valence-electron chi connectivity index (χ3n) is 5.55. The summed E-state index contributed by atoms with van der Waals surface area (Å²) in [6.07, 6.45) is 2.39. The summed E-state index contributed by atoms with van der Waals surface area (Å²) in [5, 5.41) is 3.02. The van der Waals surface area contributed by atoms with Crippen LogP contribution in [0.2, 0.25) is 0 Å². The van der Waals surface area contributed by atoms with Gasteiger partial charge in [-0.25, -0.2) is 0 Å². The molecule has 1 fully saturated rings. The van der Waals surface area contributed by atoms with E-state index in [0.29, 0.717) is 6.42 Å². The molecule has 0 bridgehead atoms. The Labute approximate surface area is 154 Å². The van der Waals surface area contributed by atoms with Crippen molar-refractivity contribution in [2.24, 2.45) is 11.8 Å². The highest BCUT2D eigenvalue weighted by Gasteiger charge is 2.51. The summed E-state index contributed by atoms with van der Waals surface area (Å²) in [6.45, 7) is 4.15. The average molecular weight is 348 g/mol. The smallest absolute Gasteiger partial charge is 0.231 e. The monoisotopic (exact) mass is 348 g/mol. The molecule has 1 N–H and O–H groups in total. The van der Waals surface area contributed by atoms with E-state index in [0.717, 1.165) is 29.8 Å². The number of nitrogens with zero attached hydrogens (tertiary/aromatic N) is 1. The lowest BCUT2D eigenvalue weighted by molar-refractivity contribution is -0.123. The van der Waals surface area contributed by atoms with Crippen LogP contribution in [0.5, 0.6) is 0 Å². The highest BCUT2D eigenvalue weighted by atomic mass is 16.2. The maximum absolute atomic E-state index is 13.0. The van der Waals surface area contributed by atoms with Crippen LogP contribution in [0.15, 0.2) is 48.5 Å². The van der Waals surface area contributed by atoms with E-state index in [9.17, 15) is 9.59 Å². The van der Waals surface area contributed by atoms with Gasteiger partial charge >= 0.3 is 0 Å². The first-order chi connectivity index (χ1) is 12.6. The van der Waals surface area contributed by atoms with Gasteiger partial charge in [0.15, 0.2) is 0 Å². The molecular weight excluding hydrogens is 324 g/mol. The van der Waals surface area contributed by atoms with E-state index in [1.807, 2.05) is 47.4 Å². The van der Waals surface area contributed by atoms with Crippen molar-refractivity contribution in [1.82, 2.24) is 0 Å². The molecule has 26 heavy (non-hydrogen) atoms. The highest BCUT2D eigenvalue weighted by Crippen LogP contribution is 2.44. The SMILES string of the molecule is CCc1ccccc1NC(=O)C1CC1C(=O)N1c2ccccc2CC1C. The normalized spacial score (nSPS) is 23.5. The number of anilines is 2. The van der Waals surface area contributed by atoms with Crippen molar-refractivity contribution in [3.05, 3.63) is 59.7 Å². The molecule has 1 saturated carbocycles. The number of para-hydroxylation sites is 2. The first kappa shape index (κ1) is 16.8. The predicted molar refractivity (Wildman–Crippen MR) is 103 cm³/mol. The first-order valence-corrected chi connectivity index (χ1v) is 9.40. The molecule has 2 amide bonds. The summed E-state index contributed by atoms with van der Waals surface area (Å²) in [5.74, 6) is -0.361. The van der Waals surface area contributed by atoms with Crippen molar-refractivity contribution in [3.63, 3.8) is 0 Å². The zero-order valence-electron chi connectivity index (χ0n) is 15.2. The average Bonchev–Trinajstić information content (AvgIpc) is 3.38. The van der Waals surface area contributed by atoms with Crippen molar-refractivity contribution in [2.75, 3.05) is 10.2 Å². The minimum atomic E-state index is -0.215. The van der Waals surface area contributed by atoms with Gasteiger partial charge in [-0.15, -0.1) is 0 Å². The summed E-state index contributed by atoms with van der Waals surface area (Å²) in [4.78, 5) is 27.5. The van der Waals surface area contributed by atoms with Crippen molar-refractivity contribution >= 4 is 23.2 Å². The van der Waals surface area contributed by atoms with Crippen LogP contribution in [0.1, 0.15) is 31.4 Å². The first-order valence-electron chi connectivity index (χ1n) is 9.40. The summed E-state index contributed by atoms with van der Waals surface area (Å²) >= 11 is 0. The van der Waals surface area contributed by atoms with Crippen molar-refractivity contribution in [2.45, 2.75) is 39.2 Å². The minimum absolute atomic E-state index is 0.0376. The molecular formula is C22H24N2O2. The number of nitrogens with one attached hydrogen (secondary N) is 1. The van der Waals surface area contributed by atoms with E-state index in [1.165, 1.54) is 5.56 Å². The summed E-state index contributed by atoms with van der Waals surface area (Å²) < 4.78 is 0. The number of amides is 2. The van der Waals surface area contributed by atoms with E-state index in [1.54, 1.807) is 0 Å². The fraction of sp³-hybridized carbons (Fsp3) is 0.364. The van der Waals surface area contributed by atoms with Crippen molar-refractivity contribution < 1.29 is 9.59 Å². The molecule has 2 aliphatic rings. The molecule has 134 valence electrons. The third kappa shape index (κ3) is 2.90. The number of rotatable bonds is 4. The minimum Gasteiger partial charge on any atom is -0.326 e. The molecule has 3 atom stereocenters. The molecule has 4 rings (SSSR count). The second kappa shape index (κ2) is 6.60. The molecule has 3 unspecified atom stereocenters. The van der Waals surface area contributed by atoms with E-state index in [4.69, 9.17) is 0 Å². The number of fused-ring (bicyclic) bond motifs is 1. The van der Waals surface area contributed by atoms with Gasteiger partial charge in [-0.1, -0.05) is 43.3 Å². The molecule has 0 aromatic heterocycles. The van der Waals surface area contributed by atoms with Crippen LogP contribution in [0.3, 0.4) is 0 Å². The second-order valence-electron chi connectivity index (χ2n) is 7.34. The molecule has 2 aromatic rings. The highest BCUT2D eigenvalue weighted by molar-refractivity contribution is 6.05. The Hall–Kier alpha value is -2.62. The Morgan fingerprint density at radius 1 is 1.08 bits per heavy atom. The maximum Gasteiger partial charge on any atom is 0.231 e. The fourth-order valence-corrected chi connectivity index (χ4v) is 4.01. The zero-order chi connectivity index (χ0) is 18.3. The van der Waals surface area contributed by atoms with E-state index < -0.39 is 0 Å². The number of benzene rings is 2. The number of carbonyl (C=O) groups is 2. The van der Waals surface area contributed by atoms with Gasteiger partial charge in [0.2, 0.25) is 11.8 Å². The Morgan fingerprint density at radius 2 is 1.81 bits per heavy atom. The van der Waals surface area contributed by atoms with Crippen LogP contribution < -0.4 is 10.2 Å². The van der Waals surface area contributed by atoms with Crippen LogP contribution in [0.25, 0.3) is 0 Å². The Bertz CT molecular complexity index is 861. The van der Waals surface area contributed by atoms with Gasteiger partial charge in [-0.3, -0.25) is 9.59 Å². The third-order valence-corrected chi connectivity index (χ3v) is 5.55. The maximum atomic E-state index is 13.0. The van der Waals surface area contributed by atoms with Crippen LogP contribution in [-0.4, -0.2) is 17.9 Å². The lowest BCUT2D eigenvalue weighted by Crippen LogP contribution is -2.37. The molecule has 4 nitrogen and oxygen atoms in total. The van der Waals surface area contributed by atoms with Gasteiger partial charge in [-0.2, -0.15) is 0 Å². The van der Waals surface area contributed by atoms with Crippen LogP contribution in [0, 0.1) is 11.8 Å². The number of hydrogen-bond acceptors (Lipinski definition) is 2. The quantitative estimate of drug-likeness (QED) is 0.914. The van der Waals surface area contributed by atoms with Gasteiger partial charge < -0.3 is 10.2 Å². The predicted octanol–water partition coefficient (Wildman–Crippen LogP) is 3.80. The van der Waals surface area contributed by atoms with Crippen LogP contribution in [-0.2, 0) is 22.4 Å². The number of carbonyl (C=O) groups excluding carboxylic acids is 2. The molecule has 4 heteroatoms.